The van der Waals surface area contributed by atoms with Gasteiger partial charge in [0.05, 0.1) is 0 Å². The van der Waals surface area contributed by atoms with Crippen LogP contribution in [-0.4, -0.2) is 25.2 Å². The van der Waals surface area contributed by atoms with Gasteiger partial charge in [-0.05, 0) is 25.2 Å². The maximum atomic E-state index is 10.9. The van der Waals surface area contributed by atoms with Gasteiger partial charge in [-0.25, -0.2) is 0 Å². The van der Waals surface area contributed by atoms with Crippen LogP contribution in [0.15, 0.2) is 0 Å². The number of hydrogen-bond acceptors (Lipinski definition) is 2. The zero-order valence-electron chi connectivity index (χ0n) is 8.72. The Kier molecular flexibility index (Phi) is 3.31. The number of hydrogen-bond donors (Lipinski definition) is 1. The Hall–Kier alpha value is -0.570. The van der Waals surface area contributed by atoms with Gasteiger partial charge >= 0.3 is 0 Å². The van der Waals surface area contributed by atoms with E-state index in [1.807, 2.05) is 0 Å². The highest BCUT2D eigenvalue weighted by Gasteiger charge is 2.33. The van der Waals surface area contributed by atoms with Crippen molar-refractivity contribution >= 4 is 5.91 Å². The lowest BCUT2D eigenvalue weighted by Crippen LogP contribution is -2.46. The van der Waals surface area contributed by atoms with E-state index in [0.29, 0.717) is 0 Å². The summed E-state index contributed by atoms with van der Waals surface area (Å²) in [6, 6.07) is 0.244. The third-order valence-electron chi connectivity index (χ3n) is 3.10. The molecule has 3 nitrogen and oxygen atoms in total. The molecule has 1 saturated heterocycles. The van der Waals surface area contributed by atoms with E-state index in [0.717, 1.165) is 26.1 Å². The van der Waals surface area contributed by atoms with Gasteiger partial charge in [-0.15, -0.1) is 0 Å². The summed E-state index contributed by atoms with van der Waals surface area (Å²) in [6.07, 6.45) is 2.07. The van der Waals surface area contributed by atoms with Crippen molar-refractivity contribution in [2.45, 2.75) is 39.7 Å². The molecule has 0 bridgehead atoms. The molecule has 0 radical (unpaired) electrons. The average Bonchev–Trinajstić information content (AvgIpc) is 2.04. The fraction of sp³-hybridized carbons (Fsp3) is 0.900. The largest absolute Gasteiger partial charge is 0.381 e. The van der Waals surface area contributed by atoms with Crippen LogP contribution >= 0.6 is 0 Å². The molecule has 0 aromatic heterocycles. The smallest absolute Gasteiger partial charge is 0.217 e. The molecule has 0 aromatic rings. The third kappa shape index (κ3) is 2.69. The Labute approximate surface area is 79.8 Å². The highest BCUT2D eigenvalue weighted by molar-refractivity contribution is 5.73. The van der Waals surface area contributed by atoms with Gasteiger partial charge in [0.25, 0.3) is 0 Å². The molecule has 1 atom stereocenters. The molecular weight excluding hydrogens is 166 g/mol. The molecule has 1 N–H and O–H groups in total. The van der Waals surface area contributed by atoms with Crippen molar-refractivity contribution in [3.63, 3.8) is 0 Å². The quantitative estimate of drug-likeness (QED) is 0.704. The van der Waals surface area contributed by atoms with E-state index in [1.165, 1.54) is 0 Å². The number of amides is 1. The lowest BCUT2D eigenvalue weighted by Gasteiger charge is -2.39. The van der Waals surface area contributed by atoms with E-state index >= 15 is 0 Å². The Balaban J connectivity index is 2.51. The standard InChI is InChI=1S/C10H19NO2/c1-8(11-9(2)12)10(3)4-6-13-7-5-10/h8H,4-7H2,1-3H3,(H,11,12). The minimum atomic E-state index is 0.0558. The number of carbonyl (C=O) groups excluding carboxylic acids is 1. The molecule has 0 spiro atoms. The first-order valence-corrected chi connectivity index (χ1v) is 4.89. The second-order valence-electron chi connectivity index (χ2n) is 4.19. The highest BCUT2D eigenvalue weighted by Crippen LogP contribution is 2.33. The zero-order valence-corrected chi connectivity index (χ0v) is 8.72. The molecule has 1 rings (SSSR count). The summed E-state index contributed by atoms with van der Waals surface area (Å²) < 4.78 is 5.31. The lowest BCUT2D eigenvalue weighted by molar-refractivity contribution is -0.121. The summed E-state index contributed by atoms with van der Waals surface area (Å²) in [6.45, 7) is 7.50. The molecule has 1 aliphatic heterocycles. The number of carbonyl (C=O) groups is 1. The van der Waals surface area contributed by atoms with Crippen LogP contribution in [0.2, 0.25) is 0 Å². The van der Waals surface area contributed by atoms with Gasteiger partial charge < -0.3 is 10.1 Å². The van der Waals surface area contributed by atoms with E-state index in [2.05, 4.69) is 19.2 Å². The summed E-state index contributed by atoms with van der Waals surface area (Å²) in [7, 11) is 0. The van der Waals surface area contributed by atoms with Gasteiger partial charge in [0.2, 0.25) is 5.91 Å². The van der Waals surface area contributed by atoms with Crippen LogP contribution in [0.25, 0.3) is 0 Å². The van der Waals surface area contributed by atoms with Gasteiger partial charge in [-0.1, -0.05) is 6.92 Å². The highest BCUT2D eigenvalue weighted by atomic mass is 16.5. The minimum Gasteiger partial charge on any atom is -0.381 e. The Bertz CT molecular complexity index is 185. The summed E-state index contributed by atoms with van der Waals surface area (Å²) in [5.41, 5.74) is 0.212. The van der Waals surface area contributed by atoms with Crippen molar-refractivity contribution in [3.8, 4) is 0 Å². The van der Waals surface area contributed by atoms with Gasteiger partial charge in [-0.2, -0.15) is 0 Å². The summed E-state index contributed by atoms with van der Waals surface area (Å²) >= 11 is 0. The molecule has 76 valence electrons. The number of ether oxygens (including phenoxy) is 1. The van der Waals surface area contributed by atoms with Gasteiger partial charge in [0, 0.05) is 26.2 Å². The second kappa shape index (κ2) is 4.09. The van der Waals surface area contributed by atoms with Crippen LogP contribution in [0.5, 0.6) is 0 Å². The van der Waals surface area contributed by atoms with Crippen molar-refractivity contribution in [2.24, 2.45) is 5.41 Å². The van der Waals surface area contributed by atoms with Crippen LogP contribution in [0.1, 0.15) is 33.6 Å². The minimum absolute atomic E-state index is 0.0558. The molecule has 1 amide bonds. The first-order chi connectivity index (χ1) is 6.04. The molecule has 1 heterocycles. The Morgan fingerprint density at radius 1 is 1.46 bits per heavy atom. The summed E-state index contributed by atoms with van der Waals surface area (Å²) in [5, 5.41) is 2.96. The van der Waals surface area contributed by atoms with E-state index in [-0.39, 0.29) is 17.4 Å². The average molecular weight is 185 g/mol. The molecule has 1 fully saturated rings. The zero-order chi connectivity index (χ0) is 9.90. The molecule has 0 aromatic carbocycles. The fourth-order valence-electron chi connectivity index (χ4n) is 1.75. The lowest BCUT2D eigenvalue weighted by atomic mass is 9.76. The molecule has 3 heteroatoms. The fourth-order valence-corrected chi connectivity index (χ4v) is 1.75. The van der Waals surface area contributed by atoms with Crippen LogP contribution < -0.4 is 5.32 Å². The molecule has 1 aliphatic rings. The third-order valence-corrected chi connectivity index (χ3v) is 3.10. The van der Waals surface area contributed by atoms with Crippen molar-refractivity contribution in [1.82, 2.24) is 5.32 Å². The monoisotopic (exact) mass is 185 g/mol. The van der Waals surface area contributed by atoms with Gasteiger partial charge in [0.1, 0.15) is 0 Å². The van der Waals surface area contributed by atoms with Crippen molar-refractivity contribution in [3.05, 3.63) is 0 Å². The predicted octanol–water partition coefficient (Wildman–Crippen LogP) is 1.33. The van der Waals surface area contributed by atoms with E-state index in [1.54, 1.807) is 6.92 Å². The molecule has 0 saturated carbocycles. The van der Waals surface area contributed by atoms with Crippen molar-refractivity contribution < 1.29 is 9.53 Å². The number of nitrogens with one attached hydrogen (secondary N) is 1. The van der Waals surface area contributed by atoms with Gasteiger partial charge in [0.15, 0.2) is 0 Å². The maximum absolute atomic E-state index is 10.9. The first-order valence-electron chi connectivity index (χ1n) is 4.89. The van der Waals surface area contributed by atoms with E-state index in [9.17, 15) is 4.79 Å². The topological polar surface area (TPSA) is 38.3 Å². The summed E-state index contributed by atoms with van der Waals surface area (Å²) in [4.78, 5) is 10.9. The molecular formula is C10H19NO2. The molecule has 13 heavy (non-hydrogen) atoms. The van der Waals surface area contributed by atoms with Crippen LogP contribution in [0, 0.1) is 5.41 Å². The van der Waals surface area contributed by atoms with Crippen LogP contribution in [0.3, 0.4) is 0 Å². The SMILES string of the molecule is CC(=O)NC(C)C1(C)CCOCC1. The normalized spacial score (nSPS) is 23.6. The summed E-state index contributed by atoms with van der Waals surface area (Å²) in [5.74, 6) is 0.0558. The maximum Gasteiger partial charge on any atom is 0.217 e. The van der Waals surface area contributed by atoms with E-state index in [4.69, 9.17) is 4.74 Å². The van der Waals surface area contributed by atoms with Crippen LogP contribution in [-0.2, 0) is 9.53 Å². The molecule has 1 unspecified atom stereocenters. The van der Waals surface area contributed by atoms with E-state index < -0.39 is 0 Å². The van der Waals surface area contributed by atoms with Crippen molar-refractivity contribution in [1.29, 1.82) is 0 Å². The molecule has 0 aliphatic carbocycles. The van der Waals surface area contributed by atoms with Crippen LogP contribution in [0.4, 0.5) is 0 Å². The second-order valence-corrected chi connectivity index (χ2v) is 4.19. The van der Waals surface area contributed by atoms with Gasteiger partial charge in [-0.3, -0.25) is 4.79 Å². The Morgan fingerprint density at radius 2 is 2.00 bits per heavy atom. The first kappa shape index (κ1) is 10.5. The predicted molar refractivity (Wildman–Crippen MR) is 51.4 cm³/mol. The van der Waals surface area contributed by atoms with Crippen molar-refractivity contribution in [2.75, 3.05) is 13.2 Å². The Morgan fingerprint density at radius 3 is 2.46 bits per heavy atom. The number of rotatable bonds is 2.